The standard InChI is InChI=1S/C17H24N4O3S2/c1-13-5-4-6-14(11-13)18-16-19-20-17(26-16)25-12-15(22)21(7-9-23-2)8-10-24-3/h4-6,11H,7-10,12H2,1-3H3,(H,18,19). The molecule has 2 aromatic rings. The Balaban J connectivity index is 1.86. The van der Waals surface area contributed by atoms with Gasteiger partial charge in [-0.15, -0.1) is 10.2 Å². The van der Waals surface area contributed by atoms with Crippen LogP contribution in [0.4, 0.5) is 10.8 Å². The van der Waals surface area contributed by atoms with Gasteiger partial charge < -0.3 is 19.7 Å². The molecule has 1 aromatic carbocycles. The number of carbonyl (C=O) groups excluding carboxylic acids is 1. The first-order chi connectivity index (χ1) is 12.6. The minimum Gasteiger partial charge on any atom is -0.383 e. The molecule has 0 aliphatic heterocycles. The number of rotatable bonds is 11. The van der Waals surface area contributed by atoms with Gasteiger partial charge in [0.1, 0.15) is 0 Å². The molecule has 0 aliphatic carbocycles. The average molecular weight is 397 g/mol. The Morgan fingerprint density at radius 2 is 1.96 bits per heavy atom. The van der Waals surface area contributed by atoms with E-state index in [-0.39, 0.29) is 5.91 Å². The lowest BCUT2D eigenvalue weighted by Crippen LogP contribution is -2.37. The third-order valence-corrected chi connectivity index (χ3v) is 5.44. The van der Waals surface area contributed by atoms with E-state index in [0.717, 1.165) is 10.0 Å². The van der Waals surface area contributed by atoms with Crippen LogP contribution in [0.25, 0.3) is 0 Å². The number of nitrogens with zero attached hydrogens (tertiary/aromatic N) is 3. The van der Waals surface area contributed by atoms with Gasteiger partial charge in [0.2, 0.25) is 11.0 Å². The summed E-state index contributed by atoms with van der Waals surface area (Å²) in [6.45, 7) is 4.15. The summed E-state index contributed by atoms with van der Waals surface area (Å²) in [5, 5.41) is 12.2. The molecule has 0 unspecified atom stereocenters. The monoisotopic (exact) mass is 396 g/mol. The second-order valence-corrected chi connectivity index (χ2v) is 7.72. The third kappa shape index (κ3) is 6.91. The fraction of sp³-hybridized carbons (Fsp3) is 0.471. The van der Waals surface area contributed by atoms with Gasteiger partial charge in [-0.05, 0) is 24.6 Å². The van der Waals surface area contributed by atoms with Gasteiger partial charge in [-0.25, -0.2) is 0 Å². The van der Waals surface area contributed by atoms with Crippen molar-refractivity contribution in [2.75, 3.05) is 51.6 Å². The van der Waals surface area contributed by atoms with Crippen molar-refractivity contribution < 1.29 is 14.3 Å². The smallest absolute Gasteiger partial charge is 0.233 e. The molecule has 0 fully saturated rings. The van der Waals surface area contributed by atoms with E-state index in [9.17, 15) is 4.79 Å². The second-order valence-electron chi connectivity index (χ2n) is 5.52. The van der Waals surface area contributed by atoms with E-state index in [2.05, 4.69) is 15.5 Å². The number of thioether (sulfide) groups is 1. The van der Waals surface area contributed by atoms with Gasteiger partial charge in [0.05, 0.1) is 19.0 Å². The van der Waals surface area contributed by atoms with Crippen LogP contribution in [-0.2, 0) is 14.3 Å². The van der Waals surface area contributed by atoms with Gasteiger partial charge in [-0.2, -0.15) is 0 Å². The maximum atomic E-state index is 12.4. The van der Waals surface area contributed by atoms with Crippen molar-refractivity contribution in [2.24, 2.45) is 0 Å². The van der Waals surface area contributed by atoms with Crippen LogP contribution in [0, 0.1) is 6.92 Å². The number of hydrogen-bond acceptors (Lipinski definition) is 8. The van der Waals surface area contributed by atoms with Crippen LogP contribution in [0.5, 0.6) is 0 Å². The minimum atomic E-state index is 0.0347. The Hall–Kier alpha value is -1.68. The molecule has 0 atom stereocenters. The Morgan fingerprint density at radius 3 is 2.62 bits per heavy atom. The first-order valence-corrected chi connectivity index (χ1v) is 9.98. The summed E-state index contributed by atoms with van der Waals surface area (Å²) in [6.07, 6.45) is 0. The van der Waals surface area contributed by atoms with Crippen molar-refractivity contribution in [3.63, 3.8) is 0 Å². The molecule has 1 aromatic heterocycles. The molecular formula is C17H24N4O3S2. The number of hydrogen-bond donors (Lipinski definition) is 1. The molecule has 1 heterocycles. The van der Waals surface area contributed by atoms with Gasteiger partial charge in [0.25, 0.3) is 0 Å². The van der Waals surface area contributed by atoms with Crippen LogP contribution >= 0.6 is 23.1 Å². The summed E-state index contributed by atoms with van der Waals surface area (Å²) in [6, 6.07) is 8.05. The molecule has 0 spiro atoms. The molecule has 0 saturated heterocycles. The number of aromatic nitrogens is 2. The third-order valence-electron chi connectivity index (χ3n) is 3.48. The van der Waals surface area contributed by atoms with Gasteiger partial charge in [-0.3, -0.25) is 4.79 Å². The fourth-order valence-electron chi connectivity index (χ4n) is 2.14. The van der Waals surface area contributed by atoms with Crippen molar-refractivity contribution in [1.29, 1.82) is 0 Å². The van der Waals surface area contributed by atoms with Crippen LogP contribution in [0.2, 0.25) is 0 Å². The van der Waals surface area contributed by atoms with Gasteiger partial charge in [0.15, 0.2) is 4.34 Å². The highest BCUT2D eigenvalue weighted by Gasteiger charge is 2.15. The molecule has 2 rings (SSSR count). The van der Waals surface area contributed by atoms with E-state index in [4.69, 9.17) is 9.47 Å². The van der Waals surface area contributed by atoms with Crippen LogP contribution in [-0.4, -0.2) is 67.3 Å². The summed E-state index contributed by atoms with van der Waals surface area (Å²) in [4.78, 5) is 14.1. The lowest BCUT2D eigenvalue weighted by atomic mass is 10.2. The minimum absolute atomic E-state index is 0.0347. The summed E-state index contributed by atoms with van der Waals surface area (Å²) in [7, 11) is 3.25. The van der Waals surface area contributed by atoms with Crippen molar-refractivity contribution in [3.05, 3.63) is 29.8 Å². The number of benzene rings is 1. The number of ether oxygens (including phenoxy) is 2. The predicted octanol–water partition coefficient (Wildman–Crippen LogP) is 2.80. The van der Waals surface area contributed by atoms with E-state index in [0.29, 0.717) is 37.2 Å². The highest BCUT2D eigenvalue weighted by Crippen LogP contribution is 2.28. The van der Waals surface area contributed by atoms with Crippen LogP contribution in [0.1, 0.15) is 5.56 Å². The summed E-state index contributed by atoms with van der Waals surface area (Å²) in [5.74, 6) is 0.347. The molecular weight excluding hydrogens is 372 g/mol. The number of amides is 1. The molecule has 1 N–H and O–H groups in total. The van der Waals surface area contributed by atoms with Crippen LogP contribution in [0.15, 0.2) is 28.6 Å². The maximum absolute atomic E-state index is 12.4. The predicted molar refractivity (Wildman–Crippen MR) is 105 cm³/mol. The van der Waals surface area contributed by atoms with Crippen molar-refractivity contribution >= 4 is 39.8 Å². The Labute approximate surface area is 162 Å². The molecule has 26 heavy (non-hydrogen) atoms. The molecule has 9 heteroatoms. The fourth-order valence-corrected chi connectivity index (χ4v) is 3.82. The van der Waals surface area contributed by atoms with Crippen LogP contribution < -0.4 is 5.32 Å². The number of anilines is 2. The zero-order valence-corrected chi connectivity index (χ0v) is 16.9. The van der Waals surface area contributed by atoms with Crippen LogP contribution in [0.3, 0.4) is 0 Å². The molecule has 142 valence electrons. The van der Waals surface area contributed by atoms with E-state index in [1.54, 1.807) is 19.1 Å². The van der Waals surface area contributed by atoms with Gasteiger partial charge in [-0.1, -0.05) is 35.2 Å². The number of aryl methyl sites for hydroxylation is 1. The molecule has 0 bridgehead atoms. The lowest BCUT2D eigenvalue weighted by Gasteiger charge is -2.21. The molecule has 7 nitrogen and oxygen atoms in total. The van der Waals surface area contributed by atoms with Crippen molar-refractivity contribution in [2.45, 2.75) is 11.3 Å². The zero-order valence-electron chi connectivity index (χ0n) is 15.2. The average Bonchev–Trinajstić information content (AvgIpc) is 3.07. The largest absolute Gasteiger partial charge is 0.383 e. The first kappa shape index (κ1) is 20.6. The molecule has 0 saturated carbocycles. The van der Waals surface area contributed by atoms with E-state index < -0.39 is 0 Å². The van der Waals surface area contributed by atoms with E-state index in [1.807, 2.05) is 31.2 Å². The Morgan fingerprint density at radius 1 is 1.23 bits per heavy atom. The zero-order chi connectivity index (χ0) is 18.8. The second kappa shape index (κ2) is 11.1. The lowest BCUT2D eigenvalue weighted by molar-refractivity contribution is -0.129. The first-order valence-electron chi connectivity index (χ1n) is 8.18. The summed E-state index contributed by atoms with van der Waals surface area (Å²) < 4.78 is 10.9. The highest BCUT2D eigenvalue weighted by atomic mass is 32.2. The maximum Gasteiger partial charge on any atom is 0.233 e. The van der Waals surface area contributed by atoms with Crippen molar-refractivity contribution in [3.8, 4) is 0 Å². The molecule has 1 amide bonds. The topological polar surface area (TPSA) is 76.6 Å². The normalized spacial score (nSPS) is 10.7. The van der Waals surface area contributed by atoms with E-state index in [1.165, 1.54) is 28.7 Å². The molecule has 0 aliphatic rings. The Kier molecular flexibility index (Phi) is 8.82. The number of methoxy groups -OCH3 is 2. The Bertz CT molecular complexity index is 688. The highest BCUT2D eigenvalue weighted by molar-refractivity contribution is 8.01. The quantitative estimate of drug-likeness (QED) is 0.585. The van der Waals surface area contributed by atoms with Crippen molar-refractivity contribution in [1.82, 2.24) is 15.1 Å². The summed E-state index contributed by atoms with van der Waals surface area (Å²) >= 11 is 2.82. The number of carbonyl (C=O) groups is 1. The van der Waals surface area contributed by atoms with E-state index >= 15 is 0 Å². The number of nitrogens with one attached hydrogen (secondary N) is 1. The van der Waals surface area contributed by atoms with Gasteiger partial charge >= 0.3 is 0 Å². The van der Waals surface area contributed by atoms with Gasteiger partial charge in [0, 0.05) is 33.0 Å². The molecule has 0 radical (unpaired) electrons. The summed E-state index contributed by atoms with van der Waals surface area (Å²) in [5.41, 5.74) is 2.14. The SMILES string of the molecule is COCCN(CCOC)C(=O)CSc1nnc(Nc2cccc(C)c2)s1.